The minimum absolute atomic E-state index is 0.397. The molecule has 0 saturated heterocycles. The van der Waals surface area contributed by atoms with Crippen molar-refractivity contribution in [2.24, 2.45) is 17.8 Å². The highest BCUT2D eigenvalue weighted by atomic mass is 16.4. The van der Waals surface area contributed by atoms with Gasteiger partial charge in [0, 0.05) is 0 Å². The van der Waals surface area contributed by atoms with Gasteiger partial charge in [-0.05, 0) is 73.5 Å². The van der Waals surface area contributed by atoms with Crippen molar-refractivity contribution in [2.75, 3.05) is 0 Å². The molecule has 1 unspecified atom stereocenters. The lowest BCUT2D eigenvalue weighted by molar-refractivity contribution is 0.0697. The van der Waals surface area contributed by atoms with Gasteiger partial charge in [0.1, 0.15) is 0 Å². The summed E-state index contributed by atoms with van der Waals surface area (Å²) < 4.78 is 0. The molecule has 0 heterocycles. The highest BCUT2D eigenvalue weighted by Gasteiger charge is 2.34. The van der Waals surface area contributed by atoms with Gasteiger partial charge in [0.25, 0.3) is 0 Å². The van der Waals surface area contributed by atoms with Crippen LogP contribution < -0.4 is 0 Å². The Hall–Kier alpha value is -1.31. The van der Waals surface area contributed by atoms with Gasteiger partial charge in [-0.15, -0.1) is 0 Å². The van der Waals surface area contributed by atoms with Crippen LogP contribution in [0.2, 0.25) is 0 Å². The van der Waals surface area contributed by atoms with Crippen molar-refractivity contribution in [1.29, 1.82) is 0 Å². The second kappa shape index (κ2) is 5.59. The van der Waals surface area contributed by atoms with E-state index in [1.807, 2.05) is 12.1 Å². The van der Waals surface area contributed by atoms with Gasteiger partial charge in [-0.1, -0.05) is 25.5 Å². The molecule has 2 heteroatoms. The maximum atomic E-state index is 10.9. The molecule has 0 spiro atoms. The summed E-state index contributed by atoms with van der Waals surface area (Å²) >= 11 is 0. The molecule has 1 N–H and O–H groups in total. The van der Waals surface area contributed by atoms with Crippen molar-refractivity contribution >= 4 is 5.97 Å². The van der Waals surface area contributed by atoms with Crippen LogP contribution in [0.3, 0.4) is 0 Å². The molecule has 0 radical (unpaired) electrons. The Morgan fingerprint density at radius 1 is 1.00 bits per heavy atom. The highest BCUT2D eigenvalue weighted by molar-refractivity contribution is 5.87. The van der Waals surface area contributed by atoms with Crippen molar-refractivity contribution in [1.82, 2.24) is 0 Å². The summed E-state index contributed by atoms with van der Waals surface area (Å²) in [6, 6.07) is 7.57. The minimum Gasteiger partial charge on any atom is -0.478 e. The van der Waals surface area contributed by atoms with Crippen LogP contribution >= 0.6 is 0 Å². The van der Waals surface area contributed by atoms with Crippen LogP contribution in [0.1, 0.15) is 67.3 Å². The first-order valence-electron chi connectivity index (χ1n) is 7.96. The first kappa shape index (κ1) is 13.7. The van der Waals surface area contributed by atoms with E-state index in [-0.39, 0.29) is 0 Å². The van der Waals surface area contributed by atoms with Crippen molar-refractivity contribution in [3.05, 3.63) is 35.4 Å². The SMILES string of the molecule is C[C@H]1CC[C@@H]2CC(c3ccc(C(=O)O)cc3)CC[C@H]2C1. The predicted molar refractivity (Wildman–Crippen MR) is 80.0 cm³/mol. The van der Waals surface area contributed by atoms with Gasteiger partial charge in [-0.3, -0.25) is 0 Å². The Bertz CT molecular complexity index is 477. The fourth-order valence-electron chi connectivity index (χ4n) is 4.32. The van der Waals surface area contributed by atoms with E-state index in [9.17, 15) is 4.79 Å². The van der Waals surface area contributed by atoms with E-state index < -0.39 is 5.97 Å². The molecular formula is C18H24O2. The minimum atomic E-state index is -0.832. The van der Waals surface area contributed by atoms with E-state index in [1.54, 1.807) is 12.1 Å². The fourth-order valence-corrected chi connectivity index (χ4v) is 4.32. The zero-order valence-electron chi connectivity index (χ0n) is 12.2. The molecule has 0 aromatic heterocycles. The first-order valence-corrected chi connectivity index (χ1v) is 7.96. The van der Waals surface area contributed by atoms with E-state index in [0.717, 1.165) is 17.8 Å². The maximum Gasteiger partial charge on any atom is 0.335 e. The van der Waals surface area contributed by atoms with Crippen LogP contribution in [0, 0.1) is 17.8 Å². The normalized spacial score (nSPS) is 33.5. The van der Waals surface area contributed by atoms with Crippen LogP contribution in [0.4, 0.5) is 0 Å². The number of aromatic carboxylic acids is 1. The molecule has 0 bridgehead atoms. The van der Waals surface area contributed by atoms with Crippen LogP contribution in [-0.4, -0.2) is 11.1 Å². The molecule has 2 saturated carbocycles. The molecule has 2 aliphatic carbocycles. The van der Waals surface area contributed by atoms with Crippen molar-refractivity contribution in [2.45, 2.75) is 51.4 Å². The van der Waals surface area contributed by atoms with E-state index in [2.05, 4.69) is 6.92 Å². The lowest BCUT2D eigenvalue weighted by atomic mass is 9.64. The van der Waals surface area contributed by atoms with Crippen LogP contribution in [0.25, 0.3) is 0 Å². The Kier molecular flexibility index (Phi) is 3.82. The monoisotopic (exact) mass is 272 g/mol. The Morgan fingerprint density at radius 3 is 2.35 bits per heavy atom. The molecule has 20 heavy (non-hydrogen) atoms. The van der Waals surface area contributed by atoms with Crippen LogP contribution in [-0.2, 0) is 0 Å². The number of carbonyl (C=O) groups is 1. The van der Waals surface area contributed by atoms with Crippen LogP contribution in [0.5, 0.6) is 0 Å². The highest BCUT2D eigenvalue weighted by Crippen LogP contribution is 2.47. The molecule has 4 atom stereocenters. The van der Waals surface area contributed by atoms with Gasteiger partial charge in [0.2, 0.25) is 0 Å². The number of hydrogen-bond acceptors (Lipinski definition) is 1. The van der Waals surface area contributed by atoms with Crippen molar-refractivity contribution < 1.29 is 9.90 Å². The van der Waals surface area contributed by atoms with Crippen LogP contribution in [0.15, 0.2) is 24.3 Å². The molecule has 0 amide bonds. The third kappa shape index (κ3) is 2.74. The third-order valence-electron chi connectivity index (χ3n) is 5.50. The largest absolute Gasteiger partial charge is 0.478 e. The van der Waals surface area contributed by atoms with Gasteiger partial charge in [-0.2, -0.15) is 0 Å². The topological polar surface area (TPSA) is 37.3 Å². The van der Waals surface area contributed by atoms with Gasteiger partial charge in [-0.25, -0.2) is 4.79 Å². The van der Waals surface area contributed by atoms with Gasteiger partial charge < -0.3 is 5.11 Å². The summed E-state index contributed by atoms with van der Waals surface area (Å²) in [5, 5.41) is 8.97. The quantitative estimate of drug-likeness (QED) is 0.847. The van der Waals surface area contributed by atoms with E-state index in [0.29, 0.717) is 11.5 Å². The number of fused-ring (bicyclic) bond motifs is 1. The predicted octanol–water partition coefficient (Wildman–Crippen LogP) is 4.70. The number of hydrogen-bond donors (Lipinski definition) is 1. The average molecular weight is 272 g/mol. The molecule has 108 valence electrons. The van der Waals surface area contributed by atoms with E-state index in [1.165, 1.54) is 44.1 Å². The molecule has 3 rings (SSSR count). The molecular weight excluding hydrogens is 248 g/mol. The summed E-state index contributed by atoms with van der Waals surface area (Å²) in [6.45, 7) is 2.40. The van der Waals surface area contributed by atoms with Gasteiger partial charge >= 0.3 is 5.97 Å². The molecule has 2 aliphatic rings. The number of rotatable bonds is 2. The molecule has 0 aliphatic heterocycles. The second-order valence-corrected chi connectivity index (χ2v) is 6.88. The Balaban J connectivity index is 1.68. The number of carboxylic acids is 1. The van der Waals surface area contributed by atoms with Crippen molar-refractivity contribution in [3.8, 4) is 0 Å². The van der Waals surface area contributed by atoms with E-state index >= 15 is 0 Å². The lowest BCUT2D eigenvalue weighted by Crippen LogP contribution is -2.29. The zero-order valence-corrected chi connectivity index (χ0v) is 12.2. The number of carboxylic acid groups (broad SMARTS) is 1. The maximum absolute atomic E-state index is 10.9. The summed E-state index contributed by atoms with van der Waals surface area (Å²) in [6.07, 6.45) is 8.17. The average Bonchev–Trinajstić information content (AvgIpc) is 2.47. The second-order valence-electron chi connectivity index (χ2n) is 6.88. The van der Waals surface area contributed by atoms with E-state index in [4.69, 9.17) is 5.11 Å². The summed E-state index contributed by atoms with van der Waals surface area (Å²) in [7, 11) is 0. The lowest BCUT2D eigenvalue weighted by Gasteiger charge is -2.41. The number of benzene rings is 1. The Morgan fingerprint density at radius 2 is 1.65 bits per heavy atom. The zero-order chi connectivity index (χ0) is 14.1. The standard InChI is InChI=1S/C18H24O2/c1-12-2-3-17-11-16(9-8-15(17)10-12)13-4-6-14(7-5-13)18(19)20/h4-7,12,15-17H,2-3,8-11H2,1H3,(H,19,20)/t12-,15-,16?,17+/m0/s1. The Labute approximate surface area is 121 Å². The third-order valence-corrected chi connectivity index (χ3v) is 5.50. The summed E-state index contributed by atoms with van der Waals surface area (Å²) in [5.74, 6) is 2.59. The fraction of sp³-hybridized carbons (Fsp3) is 0.611. The summed E-state index contributed by atoms with van der Waals surface area (Å²) in [4.78, 5) is 10.9. The molecule has 1 aromatic carbocycles. The van der Waals surface area contributed by atoms with Gasteiger partial charge in [0.05, 0.1) is 5.56 Å². The first-order chi connectivity index (χ1) is 9.63. The molecule has 2 fully saturated rings. The molecule has 1 aromatic rings. The van der Waals surface area contributed by atoms with Gasteiger partial charge in [0.15, 0.2) is 0 Å². The molecule has 2 nitrogen and oxygen atoms in total. The smallest absolute Gasteiger partial charge is 0.335 e. The summed E-state index contributed by atoms with van der Waals surface area (Å²) in [5.41, 5.74) is 1.74. The van der Waals surface area contributed by atoms with Crippen molar-refractivity contribution in [3.63, 3.8) is 0 Å².